The summed E-state index contributed by atoms with van der Waals surface area (Å²) in [6, 6.07) is 2.15. The molecule has 0 saturated heterocycles. The van der Waals surface area contributed by atoms with E-state index in [-0.39, 0.29) is 5.41 Å². The molecule has 0 unspecified atom stereocenters. The monoisotopic (exact) mass is 278 g/mol. The average Bonchev–Trinajstić information content (AvgIpc) is 2.76. The minimum absolute atomic E-state index is 0.266. The number of aromatic nitrogens is 2. The molecule has 2 heterocycles. The van der Waals surface area contributed by atoms with E-state index < -0.39 is 0 Å². The van der Waals surface area contributed by atoms with E-state index in [1.165, 1.54) is 4.88 Å². The van der Waals surface area contributed by atoms with Crippen molar-refractivity contribution in [3.63, 3.8) is 0 Å². The molecule has 5 heteroatoms. The van der Waals surface area contributed by atoms with E-state index in [0.29, 0.717) is 5.95 Å². The molecule has 0 bridgehead atoms. The van der Waals surface area contributed by atoms with Gasteiger partial charge in [0.15, 0.2) is 0 Å². The highest BCUT2D eigenvalue weighted by atomic mass is 32.1. The number of hydrogen-bond acceptors (Lipinski definition) is 5. The van der Waals surface area contributed by atoms with Crippen LogP contribution in [0.5, 0.6) is 0 Å². The lowest BCUT2D eigenvalue weighted by Crippen LogP contribution is -2.22. The Hall–Kier alpha value is -1.36. The predicted octanol–water partition coefficient (Wildman–Crippen LogP) is 3.89. The van der Waals surface area contributed by atoms with Gasteiger partial charge in [-0.2, -0.15) is 4.98 Å². The van der Waals surface area contributed by atoms with Gasteiger partial charge >= 0.3 is 0 Å². The fraction of sp³-hybridized carbons (Fsp3) is 0.571. The van der Waals surface area contributed by atoms with E-state index in [1.54, 1.807) is 11.3 Å². The Morgan fingerprint density at radius 3 is 2.68 bits per heavy atom. The fourth-order valence-corrected chi connectivity index (χ4v) is 2.62. The van der Waals surface area contributed by atoms with Crippen molar-refractivity contribution in [2.45, 2.75) is 34.1 Å². The van der Waals surface area contributed by atoms with Crippen molar-refractivity contribution in [3.05, 3.63) is 10.9 Å². The summed E-state index contributed by atoms with van der Waals surface area (Å²) in [6.45, 7) is 9.75. The van der Waals surface area contributed by atoms with Gasteiger partial charge < -0.3 is 10.6 Å². The summed E-state index contributed by atoms with van der Waals surface area (Å²) >= 11 is 1.70. The lowest BCUT2D eigenvalue weighted by molar-refractivity contribution is 0.376. The first kappa shape index (κ1) is 14.1. The molecule has 19 heavy (non-hydrogen) atoms. The minimum Gasteiger partial charge on any atom is -0.369 e. The SMILES string of the molecule is CCC(C)(C)CNc1nc(NC)nc2sc(C)cc12. The summed E-state index contributed by atoms with van der Waals surface area (Å²) < 4.78 is 0. The molecule has 4 nitrogen and oxygen atoms in total. The Labute approximate surface area is 118 Å². The molecule has 0 amide bonds. The van der Waals surface area contributed by atoms with E-state index in [2.05, 4.69) is 54.4 Å². The normalized spacial score (nSPS) is 11.8. The van der Waals surface area contributed by atoms with Crippen LogP contribution in [0.25, 0.3) is 10.2 Å². The number of hydrogen-bond donors (Lipinski definition) is 2. The molecule has 0 aliphatic heterocycles. The third kappa shape index (κ3) is 3.15. The topological polar surface area (TPSA) is 49.8 Å². The van der Waals surface area contributed by atoms with Gasteiger partial charge in [-0.25, -0.2) is 4.98 Å². The Kier molecular flexibility index (Phi) is 3.94. The molecule has 0 radical (unpaired) electrons. The maximum Gasteiger partial charge on any atom is 0.225 e. The maximum absolute atomic E-state index is 4.54. The van der Waals surface area contributed by atoms with Gasteiger partial charge in [0.2, 0.25) is 5.95 Å². The molecule has 2 aromatic rings. The van der Waals surface area contributed by atoms with Gasteiger partial charge in [-0.05, 0) is 24.8 Å². The lowest BCUT2D eigenvalue weighted by atomic mass is 9.90. The molecule has 0 aliphatic rings. The molecule has 2 N–H and O–H groups in total. The Balaban J connectivity index is 2.35. The summed E-state index contributed by atoms with van der Waals surface area (Å²) in [6.07, 6.45) is 1.13. The second-order valence-corrected chi connectivity index (χ2v) is 6.83. The first-order valence-corrected chi connectivity index (χ1v) is 7.46. The summed E-state index contributed by atoms with van der Waals surface area (Å²) in [5, 5.41) is 7.63. The first-order chi connectivity index (χ1) is 8.95. The van der Waals surface area contributed by atoms with Crippen LogP contribution in [0.3, 0.4) is 0 Å². The molecule has 0 saturated carbocycles. The Morgan fingerprint density at radius 1 is 1.32 bits per heavy atom. The lowest BCUT2D eigenvalue weighted by Gasteiger charge is -2.23. The van der Waals surface area contributed by atoms with Gasteiger partial charge in [0.05, 0.1) is 5.39 Å². The second kappa shape index (κ2) is 5.33. The number of nitrogens with zero attached hydrogens (tertiary/aromatic N) is 2. The fourth-order valence-electron chi connectivity index (χ4n) is 1.74. The van der Waals surface area contributed by atoms with E-state index in [0.717, 1.165) is 29.0 Å². The van der Waals surface area contributed by atoms with E-state index in [9.17, 15) is 0 Å². The summed E-state index contributed by atoms with van der Waals surface area (Å²) in [4.78, 5) is 11.3. The van der Waals surface area contributed by atoms with Crippen molar-refractivity contribution in [2.75, 3.05) is 24.2 Å². The van der Waals surface area contributed by atoms with Gasteiger partial charge in [0.25, 0.3) is 0 Å². The third-order valence-corrected chi connectivity index (χ3v) is 4.38. The highest BCUT2D eigenvalue weighted by molar-refractivity contribution is 7.18. The van der Waals surface area contributed by atoms with Gasteiger partial charge in [0, 0.05) is 18.5 Å². The van der Waals surface area contributed by atoms with Crippen molar-refractivity contribution >= 4 is 33.3 Å². The minimum atomic E-state index is 0.266. The average molecular weight is 278 g/mol. The highest BCUT2D eigenvalue weighted by Gasteiger charge is 2.17. The van der Waals surface area contributed by atoms with Crippen LogP contribution in [0.1, 0.15) is 32.1 Å². The van der Waals surface area contributed by atoms with Crippen LogP contribution in [0.2, 0.25) is 0 Å². The second-order valence-electron chi connectivity index (χ2n) is 5.59. The van der Waals surface area contributed by atoms with Gasteiger partial charge in [-0.3, -0.25) is 0 Å². The summed E-state index contributed by atoms with van der Waals surface area (Å²) in [5.74, 6) is 1.60. The number of anilines is 2. The number of thiophene rings is 1. The summed E-state index contributed by atoms with van der Waals surface area (Å²) in [5.41, 5.74) is 0.266. The summed E-state index contributed by atoms with van der Waals surface area (Å²) in [7, 11) is 1.85. The van der Waals surface area contributed by atoms with Gasteiger partial charge in [-0.15, -0.1) is 11.3 Å². The molecule has 2 rings (SSSR count). The number of nitrogens with one attached hydrogen (secondary N) is 2. The number of fused-ring (bicyclic) bond motifs is 1. The van der Waals surface area contributed by atoms with Crippen LogP contribution in [0, 0.1) is 12.3 Å². The Bertz CT molecular complexity index is 574. The van der Waals surface area contributed by atoms with Crippen molar-refractivity contribution < 1.29 is 0 Å². The predicted molar refractivity (Wildman–Crippen MR) is 84.3 cm³/mol. The number of rotatable bonds is 5. The first-order valence-electron chi connectivity index (χ1n) is 6.65. The molecule has 0 spiro atoms. The molecule has 104 valence electrons. The van der Waals surface area contributed by atoms with Crippen molar-refractivity contribution in [2.24, 2.45) is 5.41 Å². The number of aryl methyl sites for hydroxylation is 1. The van der Waals surface area contributed by atoms with Crippen LogP contribution in [0.15, 0.2) is 6.07 Å². The van der Waals surface area contributed by atoms with Crippen LogP contribution in [-0.2, 0) is 0 Å². The quantitative estimate of drug-likeness (QED) is 0.871. The van der Waals surface area contributed by atoms with Crippen molar-refractivity contribution in [1.82, 2.24) is 9.97 Å². The molecule has 0 aliphatic carbocycles. The third-order valence-electron chi connectivity index (χ3n) is 3.43. The largest absolute Gasteiger partial charge is 0.369 e. The van der Waals surface area contributed by atoms with Crippen LogP contribution >= 0.6 is 11.3 Å². The zero-order valence-electron chi connectivity index (χ0n) is 12.3. The zero-order valence-corrected chi connectivity index (χ0v) is 13.1. The highest BCUT2D eigenvalue weighted by Crippen LogP contribution is 2.30. The van der Waals surface area contributed by atoms with Gasteiger partial charge in [-0.1, -0.05) is 20.8 Å². The van der Waals surface area contributed by atoms with Crippen LogP contribution < -0.4 is 10.6 Å². The molecule has 2 aromatic heterocycles. The Morgan fingerprint density at radius 2 is 2.05 bits per heavy atom. The molecule has 0 aromatic carbocycles. The van der Waals surface area contributed by atoms with E-state index in [1.807, 2.05) is 7.05 Å². The molecule has 0 atom stereocenters. The molecule has 0 fully saturated rings. The standard InChI is InChI=1S/C14H22N4S/c1-6-14(3,4)8-16-11-10-7-9(2)19-12(10)18-13(15-5)17-11/h7H,6,8H2,1-5H3,(H2,15,16,17,18). The van der Waals surface area contributed by atoms with Gasteiger partial charge in [0.1, 0.15) is 10.6 Å². The smallest absolute Gasteiger partial charge is 0.225 e. The zero-order chi connectivity index (χ0) is 14.0. The van der Waals surface area contributed by atoms with Crippen LogP contribution in [0.4, 0.5) is 11.8 Å². The molecular formula is C14H22N4S. The molecular weight excluding hydrogens is 256 g/mol. The van der Waals surface area contributed by atoms with Crippen molar-refractivity contribution in [3.8, 4) is 0 Å². The van der Waals surface area contributed by atoms with E-state index in [4.69, 9.17) is 0 Å². The van der Waals surface area contributed by atoms with Crippen LogP contribution in [-0.4, -0.2) is 23.6 Å². The van der Waals surface area contributed by atoms with E-state index >= 15 is 0 Å². The maximum atomic E-state index is 4.54. The van der Waals surface area contributed by atoms with Crippen molar-refractivity contribution in [1.29, 1.82) is 0 Å².